The van der Waals surface area contributed by atoms with Crippen molar-refractivity contribution in [2.75, 3.05) is 30.1 Å². The van der Waals surface area contributed by atoms with Gasteiger partial charge in [-0.2, -0.15) is 0 Å². The first-order valence-electron chi connectivity index (χ1n) is 11.5. The van der Waals surface area contributed by atoms with Crippen molar-refractivity contribution in [3.63, 3.8) is 0 Å². The van der Waals surface area contributed by atoms with Crippen LogP contribution in [-0.2, 0) is 11.8 Å². The molecule has 1 spiro atoms. The van der Waals surface area contributed by atoms with Crippen molar-refractivity contribution in [2.45, 2.75) is 49.0 Å². The molecule has 2 aromatic carbocycles. The molecule has 2 aliphatic carbocycles. The molecule has 7 heteroatoms. The summed E-state index contributed by atoms with van der Waals surface area (Å²) in [6.45, 7) is 2.54. The third-order valence-corrected chi connectivity index (χ3v) is 8.77. The first-order valence-corrected chi connectivity index (χ1v) is 11.5. The summed E-state index contributed by atoms with van der Waals surface area (Å²) in [6, 6.07) is 12.1. The maximum absolute atomic E-state index is 12.7. The lowest BCUT2D eigenvalue weighted by Gasteiger charge is -2.65. The number of ether oxygens (including phenoxy) is 1. The number of fused-ring (bicyclic) bond motifs is 4. The van der Waals surface area contributed by atoms with Gasteiger partial charge in [0, 0.05) is 18.2 Å². The van der Waals surface area contributed by atoms with E-state index in [4.69, 9.17) is 4.74 Å². The number of hydrogen-bond donors (Lipinski definition) is 3. The predicted molar refractivity (Wildman–Crippen MR) is 115 cm³/mol. The maximum atomic E-state index is 12.7. The molecule has 7 nitrogen and oxygen atoms in total. The topological polar surface area (TPSA) is 71.4 Å². The molecule has 160 valence electrons. The fourth-order valence-electron chi connectivity index (χ4n) is 7.23. The van der Waals surface area contributed by atoms with Crippen LogP contribution in [0.15, 0.2) is 36.4 Å². The summed E-state index contributed by atoms with van der Waals surface area (Å²) in [7, 11) is 0. The molecular formula is C24H26N4O3. The molecule has 3 N–H and O–H groups in total. The van der Waals surface area contributed by atoms with Gasteiger partial charge in [-0.1, -0.05) is 23.3 Å². The molecule has 4 heterocycles. The van der Waals surface area contributed by atoms with Crippen LogP contribution >= 0.6 is 0 Å². The van der Waals surface area contributed by atoms with Crippen LogP contribution in [0.25, 0.3) is 0 Å². The summed E-state index contributed by atoms with van der Waals surface area (Å²) in [5, 5.41) is 27.6. The average Bonchev–Trinajstić information content (AvgIpc) is 3.40. The summed E-state index contributed by atoms with van der Waals surface area (Å²) >= 11 is 0. The first-order chi connectivity index (χ1) is 15.1. The van der Waals surface area contributed by atoms with Gasteiger partial charge in [0.1, 0.15) is 5.60 Å². The van der Waals surface area contributed by atoms with Gasteiger partial charge in [0.25, 0.3) is 0 Å². The van der Waals surface area contributed by atoms with Crippen molar-refractivity contribution in [1.29, 1.82) is 0 Å². The van der Waals surface area contributed by atoms with Crippen LogP contribution in [0, 0.1) is 5.92 Å². The van der Waals surface area contributed by atoms with Gasteiger partial charge >= 0.3 is 0 Å². The van der Waals surface area contributed by atoms with Crippen molar-refractivity contribution >= 4 is 11.4 Å². The van der Waals surface area contributed by atoms with E-state index in [-0.39, 0.29) is 11.8 Å². The number of phenols is 1. The van der Waals surface area contributed by atoms with Crippen LogP contribution in [0.3, 0.4) is 0 Å². The van der Waals surface area contributed by atoms with Crippen molar-refractivity contribution in [2.24, 2.45) is 5.92 Å². The maximum Gasteiger partial charge on any atom is 0.200 e. The Kier molecular flexibility index (Phi) is 2.92. The van der Waals surface area contributed by atoms with Gasteiger partial charge in [-0.25, -0.2) is 0 Å². The van der Waals surface area contributed by atoms with Gasteiger partial charge in [0.05, 0.1) is 23.3 Å². The fraction of sp³-hybridized carbons (Fsp3) is 0.500. The quantitative estimate of drug-likeness (QED) is 0.691. The number of nitrogens with one attached hydrogen (secondary N) is 1. The number of aromatic hydroxyl groups is 1. The molecule has 8 rings (SSSR count). The van der Waals surface area contributed by atoms with Crippen LogP contribution in [0.2, 0.25) is 0 Å². The molecule has 1 saturated carbocycles. The second-order valence-corrected chi connectivity index (χ2v) is 10.3. The SMILES string of the molecule is Oc1ccc2c3c1O[C@H]1N4Nc5ccccc5N4C[C@@]4(O)C(C2)N(CC2CC2)CC[C@]314. The number of aliphatic hydroxyl groups is 1. The number of phenolic OH excluding ortho intramolecular Hbond substituents is 1. The zero-order chi connectivity index (χ0) is 20.5. The number of anilines is 2. The second kappa shape index (κ2) is 5.28. The zero-order valence-corrected chi connectivity index (χ0v) is 17.3. The summed E-state index contributed by atoms with van der Waals surface area (Å²) in [5.74, 6) is 1.51. The number of rotatable bonds is 2. The summed E-state index contributed by atoms with van der Waals surface area (Å²) in [4.78, 5) is 2.55. The highest BCUT2D eigenvalue weighted by Gasteiger charge is 2.75. The number of piperidine rings is 1. The number of nitrogens with zero attached hydrogens (tertiary/aromatic N) is 3. The van der Waals surface area contributed by atoms with E-state index < -0.39 is 17.2 Å². The largest absolute Gasteiger partial charge is 0.504 e. The van der Waals surface area contributed by atoms with Crippen molar-refractivity contribution in [3.05, 3.63) is 47.5 Å². The number of likely N-dealkylation sites (tertiary alicyclic amines) is 1. The molecular weight excluding hydrogens is 392 g/mol. The molecule has 3 fully saturated rings. The Labute approximate surface area is 180 Å². The molecule has 0 radical (unpaired) electrons. The minimum Gasteiger partial charge on any atom is -0.504 e. The summed E-state index contributed by atoms with van der Waals surface area (Å²) in [5.41, 5.74) is 6.34. The van der Waals surface area contributed by atoms with Gasteiger partial charge in [-0.3, -0.25) is 15.3 Å². The zero-order valence-electron chi connectivity index (χ0n) is 17.3. The van der Waals surface area contributed by atoms with E-state index in [0.717, 1.165) is 48.8 Å². The Morgan fingerprint density at radius 1 is 1.16 bits per heavy atom. The molecule has 2 aromatic rings. The fourth-order valence-corrected chi connectivity index (χ4v) is 7.23. The van der Waals surface area contributed by atoms with E-state index in [2.05, 4.69) is 32.6 Å². The smallest absolute Gasteiger partial charge is 0.200 e. The van der Waals surface area contributed by atoms with E-state index in [0.29, 0.717) is 12.3 Å². The first kappa shape index (κ1) is 17.1. The Bertz CT molecular complexity index is 1140. The summed E-state index contributed by atoms with van der Waals surface area (Å²) in [6.07, 6.45) is 3.83. The molecule has 4 aliphatic heterocycles. The van der Waals surface area contributed by atoms with Gasteiger partial charge in [0.2, 0.25) is 6.23 Å². The van der Waals surface area contributed by atoms with Gasteiger partial charge in [0.15, 0.2) is 11.5 Å². The van der Waals surface area contributed by atoms with Gasteiger partial charge in [-0.15, -0.1) is 0 Å². The van der Waals surface area contributed by atoms with Crippen LogP contribution in [0.4, 0.5) is 11.4 Å². The minimum absolute atomic E-state index is 0.0471. The van der Waals surface area contributed by atoms with Gasteiger partial charge in [-0.05, 0) is 61.9 Å². The molecule has 31 heavy (non-hydrogen) atoms. The highest BCUT2D eigenvalue weighted by atomic mass is 16.5. The molecule has 0 amide bonds. The van der Waals surface area contributed by atoms with Crippen molar-refractivity contribution in [3.8, 4) is 11.5 Å². The molecule has 2 bridgehead atoms. The highest BCUT2D eigenvalue weighted by molar-refractivity contribution is 5.75. The van der Waals surface area contributed by atoms with Crippen molar-refractivity contribution < 1.29 is 14.9 Å². The standard InChI is InChI=1S/C24H26N4O3/c29-18-8-7-15-11-19-24(30)13-27-17-4-2-1-3-16(17)25-28(27)22-23(24,20(15)21(18)31-22)9-10-26(19)12-14-5-6-14/h1-4,7-8,14,19,22,25,29-30H,5-6,9-13H2/t19?,22-,23+,24-/m1/s1. The number of hydrogen-bond acceptors (Lipinski definition) is 7. The van der Waals surface area contributed by atoms with Gasteiger partial charge < -0.3 is 14.9 Å². The van der Waals surface area contributed by atoms with Crippen LogP contribution < -0.4 is 15.2 Å². The monoisotopic (exact) mass is 418 g/mol. The Hall–Kier alpha value is -2.48. The molecule has 6 aliphatic rings. The third kappa shape index (κ3) is 1.85. The highest BCUT2D eigenvalue weighted by Crippen LogP contribution is 2.65. The molecule has 1 unspecified atom stereocenters. The van der Waals surface area contributed by atoms with E-state index in [1.54, 1.807) is 6.07 Å². The summed E-state index contributed by atoms with van der Waals surface area (Å²) < 4.78 is 6.54. The average molecular weight is 418 g/mol. The van der Waals surface area contributed by atoms with Crippen LogP contribution in [0.1, 0.15) is 30.4 Å². The normalized spacial score (nSPS) is 37.0. The lowest BCUT2D eigenvalue weighted by molar-refractivity contribution is -0.209. The van der Waals surface area contributed by atoms with Crippen LogP contribution in [0.5, 0.6) is 11.5 Å². The molecule has 2 saturated heterocycles. The lowest BCUT2D eigenvalue weighted by Crippen LogP contribution is -2.83. The Morgan fingerprint density at radius 2 is 2.03 bits per heavy atom. The Balaban J connectivity index is 1.35. The molecule has 0 aromatic heterocycles. The number of benzene rings is 2. The number of hydrazine groups is 2. The lowest BCUT2D eigenvalue weighted by atomic mass is 9.53. The Morgan fingerprint density at radius 3 is 2.90 bits per heavy atom. The van der Waals surface area contributed by atoms with E-state index in [1.165, 1.54) is 18.4 Å². The van der Waals surface area contributed by atoms with Crippen LogP contribution in [-0.4, -0.2) is 57.7 Å². The van der Waals surface area contributed by atoms with E-state index in [1.807, 2.05) is 18.2 Å². The van der Waals surface area contributed by atoms with Crippen molar-refractivity contribution in [1.82, 2.24) is 10.0 Å². The minimum atomic E-state index is -0.966. The third-order valence-electron chi connectivity index (χ3n) is 8.77. The van der Waals surface area contributed by atoms with E-state index in [9.17, 15) is 10.2 Å². The second-order valence-electron chi connectivity index (χ2n) is 10.3. The number of para-hydroxylation sites is 2. The predicted octanol–water partition coefficient (Wildman–Crippen LogP) is 2.20. The molecule has 4 atom stereocenters. The van der Waals surface area contributed by atoms with E-state index >= 15 is 0 Å².